The van der Waals surface area contributed by atoms with E-state index in [1.807, 2.05) is 16.7 Å². The summed E-state index contributed by atoms with van der Waals surface area (Å²) < 4.78 is 18.0. The summed E-state index contributed by atoms with van der Waals surface area (Å²) in [6, 6.07) is 6.33. The van der Waals surface area contributed by atoms with Gasteiger partial charge in [-0.15, -0.1) is 11.3 Å². The number of halogens is 1. The van der Waals surface area contributed by atoms with Crippen molar-refractivity contribution in [2.75, 3.05) is 53.0 Å². The molecule has 30 heavy (non-hydrogen) atoms. The van der Waals surface area contributed by atoms with Crippen LogP contribution in [-0.2, 0) is 16.0 Å². The van der Waals surface area contributed by atoms with Gasteiger partial charge in [0.2, 0.25) is 5.91 Å². The van der Waals surface area contributed by atoms with E-state index in [-0.39, 0.29) is 17.6 Å². The number of amides is 2. The highest BCUT2D eigenvalue weighted by Gasteiger charge is 2.26. The van der Waals surface area contributed by atoms with Crippen molar-refractivity contribution in [1.29, 1.82) is 0 Å². The Bertz CT molecular complexity index is 864. The van der Waals surface area contributed by atoms with Crippen molar-refractivity contribution < 1.29 is 18.7 Å². The van der Waals surface area contributed by atoms with Crippen LogP contribution in [0.5, 0.6) is 0 Å². The van der Waals surface area contributed by atoms with Gasteiger partial charge in [-0.3, -0.25) is 14.5 Å². The molecule has 162 valence electrons. The maximum atomic E-state index is 13.1. The fourth-order valence-corrected chi connectivity index (χ4v) is 4.37. The number of methoxy groups -OCH3 is 1. The lowest BCUT2D eigenvalue weighted by Crippen LogP contribution is -2.51. The molecule has 0 saturated carbocycles. The number of nitrogens with zero attached hydrogens (tertiary/aromatic N) is 3. The maximum Gasteiger partial charge on any atom is 0.265 e. The first kappa shape index (κ1) is 22.3. The molecule has 3 rings (SSSR count). The van der Waals surface area contributed by atoms with Crippen LogP contribution < -0.4 is 5.32 Å². The van der Waals surface area contributed by atoms with Crippen LogP contribution >= 0.6 is 11.3 Å². The van der Waals surface area contributed by atoms with Crippen LogP contribution in [0.3, 0.4) is 0 Å². The highest BCUT2D eigenvalue weighted by molar-refractivity contribution is 7.13. The van der Waals surface area contributed by atoms with Crippen LogP contribution in [0.2, 0.25) is 0 Å². The van der Waals surface area contributed by atoms with E-state index in [1.54, 1.807) is 19.2 Å². The summed E-state index contributed by atoms with van der Waals surface area (Å²) >= 11 is 1.40. The standard InChI is InChI=1S/C21H27FN4O3S/c1-15-20(30-19(24-15)13-16-3-5-17(22)6-4-16)21(28)26-10-8-25(9-11-26)14-18(27)23-7-12-29-2/h3-6H,7-14H2,1-2H3,(H,23,27). The van der Waals surface area contributed by atoms with Crippen LogP contribution in [0, 0.1) is 12.7 Å². The van der Waals surface area contributed by atoms with Crippen LogP contribution in [0.15, 0.2) is 24.3 Å². The molecule has 0 atom stereocenters. The first-order chi connectivity index (χ1) is 14.5. The van der Waals surface area contributed by atoms with Gasteiger partial charge in [0, 0.05) is 46.3 Å². The molecule has 1 aromatic heterocycles. The Kier molecular flexibility index (Phi) is 7.89. The highest BCUT2D eigenvalue weighted by Crippen LogP contribution is 2.23. The summed E-state index contributed by atoms with van der Waals surface area (Å²) in [7, 11) is 1.60. The molecular weight excluding hydrogens is 407 g/mol. The third-order valence-electron chi connectivity index (χ3n) is 4.96. The molecule has 1 aromatic carbocycles. The van der Waals surface area contributed by atoms with Crippen molar-refractivity contribution in [3.63, 3.8) is 0 Å². The first-order valence-electron chi connectivity index (χ1n) is 9.94. The highest BCUT2D eigenvalue weighted by atomic mass is 32.1. The smallest absolute Gasteiger partial charge is 0.265 e. The molecule has 1 saturated heterocycles. The maximum absolute atomic E-state index is 13.1. The average molecular weight is 435 g/mol. The van der Waals surface area contributed by atoms with E-state index in [9.17, 15) is 14.0 Å². The van der Waals surface area contributed by atoms with Gasteiger partial charge in [0.05, 0.1) is 23.9 Å². The molecule has 9 heteroatoms. The molecule has 1 aliphatic heterocycles. The second kappa shape index (κ2) is 10.6. The van der Waals surface area contributed by atoms with Crippen molar-refractivity contribution in [2.45, 2.75) is 13.3 Å². The normalized spacial score (nSPS) is 14.7. The second-order valence-electron chi connectivity index (χ2n) is 7.24. The monoisotopic (exact) mass is 434 g/mol. The van der Waals surface area contributed by atoms with Gasteiger partial charge in [0.25, 0.3) is 5.91 Å². The first-order valence-corrected chi connectivity index (χ1v) is 10.8. The molecule has 1 N–H and O–H groups in total. The number of carbonyl (C=O) groups excluding carboxylic acids is 2. The van der Waals surface area contributed by atoms with Crippen LogP contribution in [0.4, 0.5) is 4.39 Å². The third-order valence-corrected chi connectivity index (χ3v) is 6.10. The minimum atomic E-state index is -0.267. The zero-order valence-corrected chi connectivity index (χ0v) is 18.1. The third kappa shape index (κ3) is 6.07. The lowest BCUT2D eigenvalue weighted by molar-refractivity contribution is -0.122. The Morgan fingerprint density at radius 1 is 1.20 bits per heavy atom. The molecule has 2 aromatic rings. The van der Waals surface area contributed by atoms with Gasteiger partial charge >= 0.3 is 0 Å². The molecule has 0 radical (unpaired) electrons. The summed E-state index contributed by atoms with van der Waals surface area (Å²) in [5.41, 5.74) is 1.68. The van der Waals surface area contributed by atoms with Gasteiger partial charge in [-0.2, -0.15) is 0 Å². The van der Waals surface area contributed by atoms with E-state index in [2.05, 4.69) is 10.3 Å². The number of rotatable bonds is 8. The zero-order valence-electron chi connectivity index (χ0n) is 17.3. The van der Waals surface area contributed by atoms with Gasteiger partial charge in [0.1, 0.15) is 10.7 Å². The molecule has 0 bridgehead atoms. The van der Waals surface area contributed by atoms with E-state index >= 15 is 0 Å². The number of hydrogen-bond acceptors (Lipinski definition) is 6. The Hall–Kier alpha value is -2.36. The van der Waals surface area contributed by atoms with E-state index in [0.717, 1.165) is 16.3 Å². The molecule has 0 unspecified atom stereocenters. The molecule has 0 spiro atoms. The van der Waals surface area contributed by atoms with Crippen LogP contribution in [-0.4, -0.2) is 79.6 Å². The van der Waals surface area contributed by atoms with Crippen LogP contribution in [0.1, 0.15) is 25.9 Å². The minimum absolute atomic E-state index is 0.0143. The van der Waals surface area contributed by atoms with E-state index in [4.69, 9.17) is 4.74 Å². The molecule has 1 fully saturated rings. The SMILES string of the molecule is COCCNC(=O)CN1CCN(C(=O)c2sc(Cc3ccc(F)cc3)nc2C)CC1. The van der Waals surface area contributed by atoms with E-state index in [1.165, 1.54) is 23.5 Å². The average Bonchev–Trinajstić information content (AvgIpc) is 3.10. The number of nitrogens with one attached hydrogen (secondary N) is 1. The summed E-state index contributed by atoms with van der Waals surface area (Å²) in [5, 5.41) is 3.65. The van der Waals surface area contributed by atoms with E-state index < -0.39 is 0 Å². The fourth-order valence-electron chi connectivity index (χ4n) is 3.31. The Labute approximate surface area is 179 Å². The fraction of sp³-hybridized carbons (Fsp3) is 0.476. The van der Waals surface area contributed by atoms with Gasteiger partial charge < -0.3 is 15.0 Å². The molecule has 0 aliphatic carbocycles. The number of carbonyl (C=O) groups is 2. The predicted molar refractivity (Wildman–Crippen MR) is 113 cm³/mol. The molecule has 2 heterocycles. The lowest BCUT2D eigenvalue weighted by Gasteiger charge is -2.34. The van der Waals surface area contributed by atoms with Crippen molar-refractivity contribution in [3.8, 4) is 0 Å². The summed E-state index contributed by atoms with van der Waals surface area (Å²) in [6.45, 7) is 5.63. The lowest BCUT2D eigenvalue weighted by atomic mass is 10.1. The molecule has 2 amide bonds. The topological polar surface area (TPSA) is 74.8 Å². The number of thiazole rings is 1. The second-order valence-corrected chi connectivity index (χ2v) is 8.32. The number of aromatic nitrogens is 1. The van der Waals surface area contributed by atoms with E-state index in [0.29, 0.717) is 57.2 Å². The predicted octanol–water partition coefficient (Wildman–Crippen LogP) is 1.70. The van der Waals surface area contributed by atoms with Crippen molar-refractivity contribution >= 4 is 23.2 Å². The number of aryl methyl sites for hydroxylation is 1. The zero-order chi connectivity index (χ0) is 21.5. The van der Waals surface area contributed by atoms with Crippen molar-refractivity contribution in [1.82, 2.24) is 20.1 Å². The van der Waals surface area contributed by atoms with Crippen LogP contribution in [0.25, 0.3) is 0 Å². The minimum Gasteiger partial charge on any atom is -0.383 e. The number of benzene rings is 1. The summed E-state index contributed by atoms with van der Waals surface area (Å²) in [6.07, 6.45) is 0.574. The molecule has 1 aliphatic rings. The quantitative estimate of drug-likeness (QED) is 0.640. The van der Waals surface area contributed by atoms with Crippen molar-refractivity contribution in [2.24, 2.45) is 0 Å². The molecule has 7 nitrogen and oxygen atoms in total. The summed E-state index contributed by atoms with van der Waals surface area (Å²) in [5.74, 6) is -0.313. The van der Waals surface area contributed by atoms with Gasteiger partial charge in [-0.05, 0) is 24.6 Å². The number of ether oxygens (including phenoxy) is 1. The Balaban J connectivity index is 1.52. The number of piperazine rings is 1. The Morgan fingerprint density at radius 2 is 1.90 bits per heavy atom. The van der Waals surface area contributed by atoms with Gasteiger partial charge in [0.15, 0.2) is 0 Å². The molecular formula is C21H27FN4O3S. The summed E-state index contributed by atoms with van der Waals surface area (Å²) in [4.78, 5) is 33.9. The Morgan fingerprint density at radius 3 is 2.57 bits per heavy atom. The van der Waals surface area contributed by atoms with Gasteiger partial charge in [-0.1, -0.05) is 12.1 Å². The van der Waals surface area contributed by atoms with Gasteiger partial charge in [-0.25, -0.2) is 9.37 Å². The van der Waals surface area contributed by atoms with Crippen molar-refractivity contribution in [3.05, 3.63) is 51.2 Å². The largest absolute Gasteiger partial charge is 0.383 e. The number of hydrogen-bond donors (Lipinski definition) is 1.